The van der Waals surface area contributed by atoms with Gasteiger partial charge in [0.25, 0.3) is 0 Å². The predicted octanol–water partition coefficient (Wildman–Crippen LogP) is 3.55. The van der Waals surface area contributed by atoms with Crippen LogP contribution in [0.25, 0.3) is 0 Å². The lowest BCUT2D eigenvalue weighted by Crippen LogP contribution is -2.42. The molecule has 0 amide bonds. The largest absolute Gasteiger partial charge is 0.491 e. The molecule has 3 rings (SSSR count). The van der Waals surface area contributed by atoms with E-state index in [-0.39, 0.29) is 25.2 Å². The molecule has 1 saturated heterocycles. The Morgan fingerprint density at radius 3 is 2.48 bits per heavy atom. The molecule has 2 aromatic rings. The maximum atomic E-state index is 10.3. The minimum Gasteiger partial charge on any atom is -0.491 e. The summed E-state index contributed by atoms with van der Waals surface area (Å²) in [7, 11) is 0. The van der Waals surface area contributed by atoms with E-state index in [1.165, 1.54) is 0 Å². The van der Waals surface area contributed by atoms with Gasteiger partial charge in [0.05, 0.1) is 18.8 Å². The van der Waals surface area contributed by atoms with Crippen LogP contribution in [0.3, 0.4) is 0 Å². The number of hydrogen-bond acceptors (Lipinski definition) is 6. The van der Waals surface area contributed by atoms with Crippen molar-refractivity contribution in [1.29, 1.82) is 0 Å². The highest BCUT2D eigenvalue weighted by Gasteiger charge is 2.34. The fourth-order valence-electron chi connectivity index (χ4n) is 3.72. The lowest BCUT2D eigenvalue weighted by Gasteiger charge is -2.33. The predicted molar refractivity (Wildman–Crippen MR) is 118 cm³/mol. The highest BCUT2D eigenvalue weighted by molar-refractivity contribution is 5.38. The van der Waals surface area contributed by atoms with E-state index in [1.807, 2.05) is 49.7 Å². The molecule has 0 spiro atoms. The second kappa shape index (κ2) is 9.85. The summed E-state index contributed by atoms with van der Waals surface area (Å²) >= 11 is 0. The first kappa shape index (κ1) is 23.3. The molecule has 31 heavy (non-hydrogen) atoms. The molecule has 3 atom stereocenters. The van der Waals surface area contributed by atoms with Crippen LogP contribution in [0, 0.1) is 6.92 Å². The molecule has 1 fully saturated rings. The molecule has 3 unspecified atom stereocenters. The monoisotopic (exact) mass is 430 g/mol. The number of nitrogens with zero attached hydrogens (tertiary/aromatic N) is 2. The van der Waals surface area contributed by atoms with Crippen LogP contribution in [0.4, 0.5) is 0 Å². The Bertz CT molecular complexity index is 888. The molecule has 7 nitrogen and oxygen atoms in total. The van der Waals surface area contributed by atoms with Crippen molar-refractivity contribution in [3.8, 4) is 11.6 Å². The Kier molecular flexibility index (Phi) is 7.41. The summed E-state index contributed by atoms with van der Waals surface area (Å²) in [6, 6.07) is 8.19. The molecule has 1 aromatic carbocycles. The van der Waals surface area contributed by atoms with Crippen LogP contribution in [-0.2, 0) is 11.2 Å². The highest BCUT2D eigenvalue weighted by Crippen LogP contribution is 2.31. The van der Waals surface area contributed by atoms with Gasteiger partial charge >= 0.3 is 0 Å². The van der Waals surface area contributed by atoms with Crippen LogP contribution in [0.2, 0.25) is 0 Å². The van der Waals surface area contributed by atoms with Gasteiger partial charge in [-0.2, -0.15) is 0 Å². The van der Waals surface area contributed by atoms with E-state index in [2.05, 4.69) is 25.5 Å². The van der Waals surface area contributed by atoms with Gasteiger partial charge < -0.3 is 24.4 Å². The van der Waals surface area contributed by atoms with Crippen molar-refractivity contribution in [2.45, 2.75) is 78.1 Å². The van der Waals surface area contributed by atoms with Crippen molar-refractivity contribution in [2.75, 3.05) is 6.61 Å². The van der Waals surface area contributed by atoms with Crippen LogP contribution in [0.5, 0.6) is 11.6 Å². The Balaban J connectivity index is 1.84. The molecule has 2 N–H and O–H groups in total. The van der Waals surface area contributed by atoms with Crippen molar-refractivity contribution in [3.05, 3.63) is 53.2 Å². The fraction of sp³-hybridized carbons (Fsp3) is 0.542. The molecule has 2 heterocycles. The van der Waals surface area contributed by atoms with E-state index in [0.717, 1.165) is 22.6 Å². The van der Waals surface area contributed by atoms with Gasteiger partial charge in [0, 0.05) is 30.1 Å². The van der Waals surface area contributed by atoms with Crippen molar-refractivity contribution < 1.29 is 24.4 Å². The lowest BCUT2D eigenvalue weighted by atomic mass is 10.00. The molecule has 170 valence electrons. The molecule has 1 aliphatic rings. The summed E-state index contributed by atoms with van der Waals surface area (Å²) in [5.74, 6) is 1.32. The minimum atomic E-state index is -0.791. The van der Waals surface area contributed by atoms with Crippen molar-refractivity contribution in [3.63, 3.8) is 0 Å². The quantitative estimate of drug-likeness (QED) is 0.623. The maximum absolute atomic E-state index is 10.3. The summed E-state index contributed by atoms with van der Waals surface area (Å²) in [5.41, 5.74) is 3.56. The van der Waals surface area contributed by atoms with Crippen LogP contribution in [-0.4, -0.2) is 51.2 Å². The van der Waals surface area contributed by atoms with Gasteiger partial charge in [-0.15, -0.1) is 5.10 Å². The van der Waals surface area contributed by atoms with Crippen molar-refractivity contribution >= 4 is 0 Å². The summed E-state index contributed by atoms with van der Waals surface area (Å²) in [6.07, 6.45) is -1.15. The van der Waals surface area contributed by atoms with E-state index >= 15 is 0 Å². The first-order valence-corrected chi connectivity index (χ1v) is 10.8. The number of aromatic nitrogens is 2. The lowest BCUT2D eigenvalue weighted by molar-refractivity contribution is -0.160. The average molecular weight is 431 g/mol. The summed E-state index contributed by atoms with van der Waals surface area (Å²) < 4.78 is 19.6. The average Bonchev–Trinajstić information content (AvgIpc) is 3.01. The van der Waals surface area contributed by atoms with E-state index in [4.69, 9.17) is 14.2 Å². The zero-order valence-corrected chi connectivity index (χ0v) is 19.0. The SMILES string of the molecule is C=C1C(O)CC(Oc2nn(C(C)C)c(C)c2Cc2ccc(OC(C)C)cc2)OC1CO. The van der Waals surface area contributed by atoms with Crippen LogP contribution in [0.15, 0.2) is 36.4 Å². The van der Waals surface area contributed by atoms with Gasteiger partial charge in [0.15, 0.2) is 0 Å². The molecule has 7 heteroatoms. The van der Waals surface area contributed by atoms with Crippen LogP contribution < -0.4 is 9.47 Å². The molecule has 0 saturated carbocycles. The van der Waals surface area contributed by atoms with Gasteiger partial charge in [-0.05, 0) is 57.9 Å². The molecule has 1 aromatic heterocycles. The molecule has 0 bridgehead atoms. The number of rotatable bonds is 8. The zero-order valence-electron chi connectivity index (χ0n) is 19.0. The molecule has 1 aliphatic heterocycles. The number of hydrogen-bond donors (Lipinski definition) is 2. The fourth-order valence-corrected chi connectivity index (χ4v) is 3.72. The first-order chi connectivity index (χ1) is 14.7. The van der Waals surface area contributed by atoms with Crippen LogP contribution in [0.1, 0.15) is 57.0 Å². The van der Waals surface area contributed by atoms with E-state index in [1.54, 1.807) is 0 Å². The highest BCUT2D eigenvalue weighted by atomic mass is 16.7. The molecule has 0 radical (unpaired) electrons. The number of benzene rings is 1. The summed E-state index contributed by atoms with van der Waals surface area (Å²) in [5, 5.41) is 24.5. The van der Waals surface area contributed by atoms with Gasteiger partial charge in [-0.3, -0.25) is 4.68 Å². The van der Waals surface area contributed by atoms with Crippen molar-refractivity contribution in [2.24, 2.45) is 0 Å². The van der Waals surface area contributed by atoms with Gasteiger partial charge in [0.2, 0.25) is 12.2 Å². The van der Waals surface area contributed by atoms with E-state index in [0.29, 0.717) is 17.9 Å². The normalized spacial score (nSPS) is 21.7. The Hall–Kier alpha value is -2.35. The van der Waals surface area contributed by atoms with Crippen molar-refractivity contribution in [1.82, 2.24) is 9.78 Å². The summed E-state index contributed by atoms with van der Waals surface area (Å²) in [6.45, 7) is 13.7. The number of aliphatic hydroxyl groups excluding tert-OH is 2. The Morgan fingerprint density at radius 2 is 1.90 bits per heavy atom. The number of aliphatic hydroxyl groups is 2. The van der Waals surface area contributed by atoms with Crippen LogP contribution >= 0.6 is 0 Å². The third kappa shape index (κ3) is 5.47. The third-order valence-corrected chi connectivity index (χ3v) is 5.38. The smallest absolute Gasteiger partial charge is 0.238 e. The standard InChI is InChI=1S/C24H34N2O5/c1-14(2)26-17(6)20(11-18-7-9-19(10-8-18)29-15(3)4)24(25-26)31-23-12-21(28)16(5)22(13-27)30-23/h7-10,14-15,21-23,27-28H,5,11-13H2,1-4,6H3. The van der Waals surface area contributed by atoms with Gasteiger partial charge in [0.1, 0.15) is 11.9 Å². The second-order valence-corrected chi connectivity index (χ2v) is 8.58. The minimum absolute atomic E-state index is 0.127. The third-order valence-electron chi connectivity index (χ3n) is 5.38. The summed E-state index contributed by atoms with van der Waals surface area (Å²) in [4.78, 5) is 0. The van der Waals surface area contributed by atoms with E-state index < -0.39 is 18.5 Å². The molecular weight excluding hydrogens is 396 g/mol. The Labute approximate surface area is 184 Å². The van der Waals surface area contributed by atoms with E-state index in [9.17, 15) is 10.2 Å². The maximum Gasteiger partial charge on any atom is 0.238 e. The molecular formula is C24H34N2O5. The second-order valence-electron chi connectivity index (χ2n) is 8.58. The number of ether oxygens (including phenoxy) is 3. The molecule has 0 aliphatic carbocycles. The van der Waals surface area contributed by atoms with Gasteiger partial charge in [-0.1, -0.05) is 18.7 Å². The topological polar surface area (TPSA) is 86.0 Å². The Morgan fingerprint density at radius 1 is 1.23 bits per heavy atom. The van der Waals surface area contributed by atoms with Gasteiger partial charge in [-0.25, -0.2) is 0 Å². The zero-order chi connectivity index (χ0) is 22.7. The first-order valence-electron chi connectivity index (χ1n) is 10.8.